The fourth-order valence-electron chi connectivity index (χ4n) is 8.27. The number of carbonyl (C=O) groups is 3. The molecule has 1 aromatic heterocycles. The van der Waals surface area contributed by atoms with Gasteiger partial charge in [-0.15, -0.1) is 11.8 Å². The molecule has 0 radical (unpaired) electrons. The van der Waals surface area contributed by atoms with Crippen molar-refractivity contribution in [3.63, 3.8) is 0 Å². The van der Waals surface area contributed by atoms with E-state index in [9.17, 15) is 36.7 Å². The molecule has 4 aliphatic rings. The molecule has 0 spiro atoms. The number of carbonyl (C=O) groups excluding carboxylic acids is 3. The van der Waals surface area contributed by atoms with Crippen LogP contribution in [0.1, 0.15) is 28.3 Å². The number of imide groups is 1. The van der Waals surface area contributed by atoms with Gasteiger partial charge in [0, 0.05) is 26.1 Å². The van der Waals surface area contributed by atoms with Crippen molar-refractivity contribution >= 4 is 68.1 Å². The first-order valence-corrected chi connectivity index (χ1v) is 17.8. The number of fused-ring (bicyclic) bond motifs is 9. The zero-order valence-corrected chi connectivity index (χ0v) is 28.2. The molecule has 7 atom stereocenters. The Morgan fingerprint density at radius 1 is 1.00 bits per heavy atom. The molecule has 8 rings (SSSR count). The summed E-state index contributed by atoms with van der Waals surface area (Å²) in [6.45, 7) is -0.594. The largest absolute Gasteiger partial charge is 0.483 e. The maximum atomic E-state index is 14.0. The number of hydrogen-bond acceptors (Lipinski definition) is 7. The van der Waals surface area contributed by atoms with Gasteiger partial charge in [0.1, 0.15) is 11.6 Å². The molecule has 1 saturated heterocycles. The zero-order chi connectivity index (χ0) is 34.4. The molecule has 3 heterocycles. The van der Waals surface area contributed by atoms with Crippen LogP contribution in [0.25, 0.3) is 0 Å². The predicted octanol–water partition coefficient (Wildman–Crippen LogP) is 7.05. The number of alkyl halides is 3. The van der Waals surface area contributed by atoms with Gasteiger partial charge in [0.2, 0.25) is 11.8 Å². The van der Waals surface area contributed by atoms with Gasteiger partial charge >= 0.3 is 11.0 Å². The van der Waals surface area contributed by atoms with Crippen LogP contribution in [-0.2, 0) is 20.6 Å². The average molecular weight is 775 g/mol. The molecule has 3 amide bonds. The first-order chi connectivity index (χ1) is 23.4. The van der Waals surface area contributed by atoms with E-state index in [1.165, 1.54) is 53.1 Å². The molecule has 49 heavy (non-hydrogen) atoms. The lowest BCUT2D eigenvalue weighted by Crippen LogP contribution is -2.42. The second-order valence-corrected chi connectivity index (χ2v) is 15.6. The lowest BCUT2D eigenvalue weighted by Gasteiger charge is -2.43. The quantitative estimate of drug-likeness (QED) is 0.161. The summed E-state index contributed by atoms with van der Waals surface area (Å²) in [6.07, 6.45) is -4.04. The topological polar surface area (TPSA) is 109 Å². The van der Waals surface area contributed by atoms with E-state index in [1.54, 1.807) is 12.1 Å². The van der Waals surface area contributed by atoms with E-state index >= 15 is 0 Å². The Morgan fingerprint density at radius 3 is 2.45 bits per heavy atom. The summed E-state index contributed by atoms with van der Waals surface area (Å²) in [6, 6.07) is 15.1. The van der Waals surface area contributed by atoms with Crippen LogP contribution < -0.4 is 19.8 Å². The van der Waals surface area contributed by atoms with Crippen LogP contribution in [0.2, 0.25) is 0 Å². The number of H-pyrrole nitrogens is 1. The summed E-state index contributed by atoms with van der Waals surface area (Å²) in [5, 5.41) is 2.83. The number of ether oxygens (including phenoxy) is 1. The molecule has 15 heteroatoms. The fraction of sp³-hybridized carbons (Fsp3) is 0.294. The highest BCUT2D eigenvalue weighted by Gasteiger charge is 2.70. The Kier molecular flexibility index (Phi) is 7.79. The number of rotatable bonds is 6. The summed E-state index contributed by atoms with van der Waals surface area (Å²) >= 11 is 6.09. The standard InChI is InChI=1S/C34H24BrF4N3O5S2/c35-14-5-10-22(47-13-23(43)40-21-4-2-1-3-20(21)34(37,38)39)17(11-14)24-25-18-12-19(28(25)48-30-29(24)49-33(46)41-30)27-26(18)31(44)42(32(27)45)16-8-6-15(36)7-9-16/h1-11,18-19,24-28H,12-13H2,(H,40,43)(H,41,46)/t18-,19-,24+,25-,26+,27+,28-/m1/s1. The Balaban J connectivity index is 1.12. The number of nitrogens with zero attached hydrogens (tertiary/aromatic N) is 1. The number of aromatic nitrogens is 1. The summed E-state index contributed by atoms with van der Waals surface area (Å²) in [5.41, 5.74) is -0.420. The van der Waals surface area contributed by atoms with Crippen molar-refractivity contribution in [1.29, 1.82) is 0 Å². The minimum absolute atomic E-state index is 0.132. The third-order valence-corrected chi connectivity index (χ3v) is 13.1. The summed E-state index contributed by atoms with van der Waals surface area (Å²) in [4.78, 5) is 58.0. The minimum atomic E-state index is -4.67. The maximum absolute atomic E-state index is 14.0. The van der Waals surface area contributed by atoms with Gasteiger partial charge in [-0.3, -0.25) is 24.1 Å². The Hall–Kier alpha value is -3.95. The van der Waals surface area contributed by atoms with Crippen molar-refractivity contribution in [1.82, 2.24) is 4.98 Å². The predicted molar refractivity (Wildman–Crippen MR) is 177 cm³/mol. The first-order valence-electron chi connectivity index (χ1n) is 15.3. The van der Waals surface area contributed by atoms with Crippen molar-refractivity contribution in [3.05, 3.63) is 103 Å². The van der Waals surface area contributed by atoms with Crippen LogP contribution >= 0.6 is 39.0 Å². The Bertz CT molecular complexity index is 2090. The van der Waals surface area contributed by atoms with Gasteiger partial charge in [0.25, 0.3) is 5.91 Å². The molecular weight excluding hydrogens is 750 g/mol. The van der Waals surface area contributed by atoms with Crippen molar-refractivity contribution in [2.45, 2.75) is 28.8 Å². The normalized spacial score (nSPS) is 26.8. The zero-order valence-electron chi connectivity index (χ0n) is 25.0. The van der Waals surface area contributed by atoms with Crippen LogP contribution in [0.5, 0.6) is 5.75 Å². The molecule has 252 valence electrons. The van der Waals surface area contributed by atoms with Crippen LogP contribution in [-0.4, -0.2) is 34.6 Å². The van der Waals surface area contributed by atoms with E-state index in [2.05, 4.69) is 26.2 Å². The first kappa shape index (κ1) is 32.3. The highest BCUT2D eigenvalue weighted by Crippen LogP contribution is 2.69. The molecular formula is C34H24BrF4N3O5S2. The SMILES string of the molecule is O=C(COc1ccc(Br)cc1[C@@H]1c2sc(=O)[nH]c2S[C@@H]2[C@@H]3C[C@@H]([C@@H]4C(=O)N(c5ccc(F)cc5)C(=O)[C@@H]34)[C@H]12)Nc1ccccc1C(F)(F)F. The molecule has 3 aromatic carbocycles. The molecule has 2 N–H and O–H groups in total. The monoisotopic (exact) mass is 773 g/mol. The molecule has 2 aliphatic heterocycles. The number of amides is 3. The van der Waals surface area contributed by atoms with Gasteiger partial charge in [-0.25, -0.2) is 4.39 Å². The van der Waals surface area contributed by atoms with Crippen LogP contribution in [0.3, 0.4) is 0 Å². The second kappa shape index (κ2) is 11.8. The van der Waals surface area contributed by atoms with Gasteiger partial charge in [-0.05, 0) is 78.8 Å². The maximum Gasteiger partial charge on any atom is 0.418 e. The van der Waals surface area contributed by atoms with Crippen LogP contribution in [0.4, 0.5) is 28.9 Å². The Morgan fingerprint density at radius 2 is 1.71 bits per heavy atom. The smallest absolute Gasteiger partial charge is 0.418 e. The molecule has 0 unspecified atom stereocenters. The van der Waals surface area contributed by atoms with Crippen molar-refractivity contribution in [3.8, 4) is 5.75 Å². The molecule has 4 aromatic rings. The molecule has 2 saturated carbocycles. The number of aromatic amines is 1. The number of benzene rings is 3. The average Bonchev–Trinajstić information content (AvgIpc) is 3.79. The van der Waals surface area contributed by atoms with Crippen LogP contribution in [0, 0.1) is 35.4 Å². The summed E-state index contributed by atoms with van der Waals surface area (Å²) < 4.78 is 60.9. The number of nitrogens with one attached hydrogen (secondary N) is 2. The third kappa shape index (κ3) is 5.32. The van der Waals surface area contributed by atoms with Gasteiger partial charge in [-0.2, -0.15) is 13.2 Å². The van der Waals surface area contributed by atoms with Gasteiger partial charge in [0.05, 0.1) is 33.8 Å². The van der Waals surface area contributed by atoms with E-state index in [0.29, 0.717) is 32.9 Å². The molecule has 8 nitrogen and oxygen atoms in total. The number of thiazole rings is 1. The van der Waals surface area contributed by atoms with Crippen molar-refractivity contribution in [2.24, 2.45) is 29.6 Å². The van der Waals surface area contributed by atoms with Crippen molar-refractivity contribution in [2.75, 3.05) is 16.8 Å². The molecule has 2 bridgehead atoms. The minimum Gasteiger partial charge on any atom is -0.483 e. The van der Waals surface area contributed by atoms with E-state index in [-0.39, 0.29) is 39.7 Å². The summed E-state index contributed by atoms with van der Waals surface area (Å²) in [5.74, 6) is -3.80. The molecule has 3 fully saturated rings. The summed E-state index contributed by atoms with van der Waals surface area (Å²) in [7, 11) is 0. The fourth-order valence-corrected chi connectivity index (χ4v) is 11.5. The lowest BCUT2D eigenvalue weighted by atomic mass is 9.68. The van der Waals surface area contributed by atoms with Crippen LogP contribution in [0.15, 0.2) is 81.0 Å². The van der Waals surface area contributed by atoms with Gasteiger partial charge in [-0.1, -0.05) is 39.4 Å². The lowest BCUT2D eigenvalue weighted by molar-refractivity contribution is -0.137. The van der Waals surface area contributed by atoms with E-state index in [1.807, 2.05) is 6.07 Å². The number of thioether (sulfide) groups is 1. The second-order valence-electron chi connectivity index (χ2n) is 12.5. The van der Waals surface area contributed by atoms with E-state index in [4.69, 9.17) is 4.74 Å². The van der Waals surface area contributed by atoms with E-state index in [0.717, 1.165) is 28.3 Å². The highest BCUT2D eigenvalue weighted by molar-refractivity contribution is 9.10. The number of para-hydroxylation sites is 1. The van der Waals surface area contributed by atoms with Crippen molar-refractivity contribution < 1.29 is 36.7 Å². The highest BCUT2D eigenvalue weighted by atomic mass is 79.9. The number of halogens is 5. The van der Waals surface area contributed by atoms with Gasteiger partial charge < -0.3 is 15.0 Å². The van der Waals surface area contributed by atoms with E-state index < -0.39 is 53.5 Å². The Labute approximate surface area is 292 Å². The third-order valence-electron chi connectivity index (χ3n) is 9.98. The van der Waals surface area contributed by atoms with Gasteiger partial charge in [0.15, 0.2) is 6.61 Å². The number of anilines is 2. The molecule has 2 aliphatic carbocycles. The number of hydrogen-bond donors (Lipinski definition) is 2.